The number of anilines is 1. The van der Waals surface area contributed by atoms with E-state index in [9.17, 15) is 4.79 Å². The van der Waals surface area contributed by atoms with Crippen LogP contribution >= 0.6 is 11.6 Å². The normalized spacial score (nSPS) is 9.71. The zero-order valence-electron chi connectivity index (χ0n) is 8.34. The third-order valence-corrected chi connectivity index (χ3v) is 1.95. The van der Waals surface area contributed by atoms with Gasteiger partial charge >= 0.3 is 0 Å². The van der Waals surface area contributed by atoms with E-state index in [1.54, 1.807) is 24.1 Å². The Balaban J connectivity index is 3.21. The molecule has 0 aliphatic heterocycles. The van der Waals surface area contributed by atoms with Gasteiger partial charge in [-0.25, -0.2) is 4.98 Å². The van der Waals surface area contributed by atoms with Crippen molar-refractivity contribution in [1.82, 2.24) is 10.3 Å². The number of nitrogens with one attached hydrogen (secondary N) is 1. The summed E-state index contributed by atoms with van der Waals surface area (Å²) in [6.07, 6.45) is 0. The smallest absolute Gasteiger partial charge is 0.254 e. The highest BCUT2D eigenvalue weighted by molar-refractivity contribution is 6.29. The molecule has 5 heteroatoms. The molecule has 0 aromatic carbocycles. The number of rotatable bonds is 2. The second-order valence-corrected chi connectivity index (χ2v) is 3.37. The molecule has 0 bridgehead atoms. The highest BCUT2D eigenvalue weighted by atomic mass is 35.5. The molecule has 1 rings (SSSR count). The largest absolute Gasteiger partial charge is 0.362 e. The van der Waals surface area contributed by atoms with Crippen molar-refractivity contribution in [3.05, 3.63) is 22.8 Å². The van der Waals surface area contributed by atoms with Crippen LogP contribution in [-0.4, -0.2) is 32.0 Å². The molecule has 0 aliphatic carbocycles. The van der Waals surface area contributed by atoms with Gasteiger partial charge in [0, 0.05) is 21.1 Å². The summed E-state index contributed by atoms with van der Waals surface area (Å²) in [5.41, 5.74) is 0.516. The first-order valence-corrected chi connectivity index (χ1v) is 4.50. The first-order valence-electron chi connectivity index (χ1n) is 4.12. The lowest BCUT2D eigenvalue weighted by atomic mass is 10.2. The minimum absolute atomic E-state index is 0.169. The SMILES string of the molecule is CNC(=O)c1ccc(Cl)nc1N(C)C. The molecular formula is C9H12ClN3O. The maximum Gasteiger partial charge on any atom is 0.254 e. The molecule has 0 atom stereocenters. The minimum Gasteiger partial charge on any atom is -0.362 e. The summed E-state index contributed by atoms with van der Waals surface area (Å²) < 4.78 is 0. The first kappa shape index (κ1) is 10.8. The van der Waals surface area contributed by atoms with Crippen LogP contribution in [0.15, 0.2) is 12.1 Å². The van der Waals surface area contributed by atoms with E-state index in [-0.39, 0.29) is 5.91 Å². The molecule has 1 heterocycles. The number of hydrogen-bond acceptors (Lipinski definition) is 3. The van der Waals surface area contributed by atoms with Crippen LogP contribution in [0.2, 0.25) is 5.15 Å². The third kappa shape index (κ3) is 2.14. The molecule has 14 heavy (non-hydrogen) atoms. The van der Waals surface area contributed by atoms with Crippen molar-refractivity contribution in [1.29, 1.82) is 0 Å². The Bertz CT molecular complexity index is 352. The molecule has 1 amide bonds. The van der Waals surface area contributed by atoms with Gasteiger partial charge in [0.25, 0.3) is 5.91 Å². The zero-order chi connectivity index (χ0) is 10.7. The standard InChI is InChI=1S/C9H12ClN3O/c1-11-9(14)6-4-5-7(10)12-8(6)13(2)3/h4-5H,1-3H3,(H,11,14). The van der Waals surface area contributed by atoms with E-state index < -0.39 is 0 Å². The summed E-state index contributed by atoms with van der Waals surface area (Å²) in [6.45, 7) is 0. The fraction of sp³-hybridized carbons (Fsp3) is 0.333. The van der Waals surface area contributed by atoms with Crippen LogP contribution in [0.5, 0.6) is 0 Å². The molecule has 76 valence electrons. The Labute approximate surface area is 87.9 Å². The van der Waals surface area contributed by atoms with Gasteiger partial charge in [0.15, 0.2) is 0 Å². The number of carbonyl (C=O) groups is 1. The number of nitrogens with zero attached hydrogens (tertiary/aromatic N) is 2. The molecule has 4 nitrogen and oxygen atoms in total. The average molecular weight is 214 g/mol. The van der Waals surface area contributed by atoms with Crippen LogP contribution in [0.4, 0.5) is 5.82 Å². The summed E-state index contributed by atoms with van der Waals surface area (Å²) >= 11 is 5.74. The molecular weight excluding hydrogens is 202 g/mol. The van der Waals surface area contributed by atoms with Gasteiger partial charge in [-0.05, 0) is 12.1 Å². The first-order chi connectivity index (χ1) is 6.56. The van der Waals surface area contributed by atoms with Gasteiger partial charge in [-0.3, -0.25) is 4.79 Å². The van der Waals surface area contributed by atoms with Gasteiger partial charge in [0.1, 0.15) is 11.0 Å². The van der Waals surface area contributed by atoms with Gasteiger partial charge < -0.3 is 10.2 Å². The molecule has 0 aliphatic rings. The van der Waals surface area contributed by atoms with Crippen molar-refractivity contribution in [3.63, 3.8) is 0 Å². The number of aromatic nitrogens is 1. The Hall–Kier alpha value is -1.29. The number of halogens is 1. The molecule has 0 saturated heterocycles. The quantitative estimate of drug-likeness (QED) is 0.750. The van der Waals surface area contributed by atoms with Crippen molar-refractivity contribution in [2.24, 2.45) is 0 Å². The minimum atomic E-state index is -0.169. The molecule has 1 N–H and O–H groups in total. The third-order valence-electron chi connectivity index (χ3n) is 1.74. The fourth-order valence-electron chi connectivity index (χ4n) is 1.08. The summed E-state index contributed by atoms with van der Waals surface area (Å²) in [6, 6.07) is 3.25. The van der Waals surface area contributed by atoms with Gasteiger partial charge in [-0.2, -0.15) is 0 Å². The second-order valence-electron chi connectivity index (χ2n) is 2.98. The van der Waals surface area contributed by atoms with Gasteiger partial charge in [0.05, 0.1) is 5.56 Å². The van der Waals surface area contributed by atoms with E-state index in [0.717, 1.165) is 0 Å². The predicted octanol–water partition coefficient (Wildman–Crippen LogP) is 1.16. The molecule has 1 aromatic heterocycles. The summed E-state index contributed by atoms with van der Waals surface area (Å²) in [7, 11) is 5.20. The fourth-order valence-corrected chi connectivity index (χ4v) is 1.22. The number of pyridine rings is 1. The highest BCUT2D eigenvalue weighted by Crippen LogP contribution is 2.18. The van der Waals surface area contributed by atoms with Gasteiger partial charge in [0.2, 0.25) is 0 Å². The molecule has 0 unspecified atom stereocenters. The van der Waals surface area contributed by atoms with Crippen molar-refractivity contribution >= 4 is 23.3 Å². The topological polar surface area (TPSA) is 45.2 Å². The summed E-state index contributed by atoms with van der Waals surface area (Å²) in [4.78, 5) is 17.2. The van der Waals surface area contributed by atoms with E-state index in [0.29, 0.717) is 16.5 Å². The van der Waals surface area contributed by atoms with Crippen LogP contribution in [0.3, 0.4) is 0 Å². The molecule has 0 spiro atoms. The molecule has 0 radical (unpaired) electrons. The highest BCUT2D eigenvalue weighted by Gasteiger charge is 2.12. The lowest BCUT2D eigenvalue weighted by Crippen LogP contribution is -2.23. The van der Waals surface area contributed by atoms with E-state index in [1.165, 1.54) is 0 Å². The lowest BCUT2D eigenvalue weighted by Gasteiger charge is -2.15. The Morgan fingerprint density at radius 2 is 2.14 bits per heavy atom. The second kappa shape index (κ2) is 4.28. The van der Waals surface area contributed by atoms with E-state index >= 15 is 0 Å². The van der Waals surface area contributed by atoms with Gasteiger partial charge in [-0.1, -0.05) is 11.6 Å². The summed E-state index contributed by atoms with van der Waals surface area (Å²) in [5, 5.41) is 2.92. The maximum absolute atomic E-state index is 11.4. The number of hydrogen-bond donors (Lipinski definition) is 1. The van der Waals surface area contributed by atoms with Crippen molar-refractivity contribution < 1.29 is 4.79 Å². The van der Waals surface area contributed by atoms with Gasteiger partial charge in [-0.15, -0.1) is 0 Å². The van der Waals surface area contributed by atoms with Crippen LogP contribution in [0.1, 0.15) is 10.4 Å². The number of amides is 1. The molecule has 0 fully saturated rings. The van der Waals surface area contributed by atoms with Crippen molar-refractivity contribution in [2.75, 3.05) is 26.0 Å². The van der Waals surface area contributed by atoms with E-state index in [2.05, 4.69) is 10.3 Å². The molecule has 0 saturated carbocycles. The Kier molecular flexibility index (Phi) is 3.30. The maximum atomic E-state index is 11.4. The van der Waals surface area contributed by atoms with E-state index in [1.807, 2.05) is 14.1 Å². The zero-order valence-corrected chi connectivity index (χ0v) is 9.09. The monoisotopic (exact) mass is 213 g/mol. The summed E-state index contributed by atoms with van der Waals surface area (Å²) in [5.74, 6) is 0.398. The van der Waals surface area contributed by atoms with Crippen LogP contribution < -0.4 is 10.2 Å². The lowest BCUT2D eigenvalue weighted by molar-refractivity contribution is 0.0963. The predicted molar refractivity (Wildman–Crippen MR) is 57.0 cm³/mol. The average Bonchev–Trinajstić information content (AvgIpc) is 2.16. The van der Waals surface area contributed by atoms with E-state index in [4.69, 9.17) is 11.6 Å². The van der Waals surface area contributed by atoms with Crippen molar-refractivity contribution in [3.8, 4) is 0 Å². The Morgan fingerprint density at radius 3 is 2.64 bits per heavy atom. The number of carbonyl (C=O) groups excluding carboxylic acids is 1. The van der Waals surface area contributed by atoms with Crippen LogP contribution in [-0.2, 0) is 0 Å². The Morgan fingerprint density at radius 1 is 1.50 bits per heavy atom. The van der Waals surface area contributed by atoms with Crippen LogP contribution in [0, 0.1) is 0 Å². The molecule has 1 aromatic rings. The van der Waals surface area contributed by atoms with Crippen LogP contribution in [0.25, 0.3) is 0 Å². The van der Waals surface area contributed by atoms with Crippen molar-refractivity contribution in [2.45, 2.75) is 0 Å².